The number of fused-ring (bicyclic) bond motifs is 1. The third-order valence-corrected chi connectivity index (χ3v) is 3.05. The van der Waals surface area contributed by atoms with Gasteiger partial charge >= 0.3 is 0 Å². The molecule has 0 aromatic carbocycles. The van der Waals surface area contributed by atoms with Gasteiger partial charge in [-0.25, -0.2) is 0 Å². The summed E-state index contributed by atoms with van der Waals surface area (Å²) in [5.74, 6) is 0. The number of H-pyrrole nitrogens is 1. The SMILES string of the molecule is O=c1[nH]sc2sccc12. The van der Waals surface area contributed by atoms with Crippen LogP contribution >= 0.6 is 22.9 Å². The maximum Gasteiger partial charge on any atom is 0.266 e. The van der Waals surface area contributed by atoms with Gasteiger partial charge in [0.25, 0.3) is 5.56 Å². The van der Waals surface area contributed by atoms with E-state index in [4.69, 9.17) is 0 Å². The van der Waals surface area contributed by atoms with Crippen molar-refractivity contribution in [3.63, 3.8) is 0 Å². The first-order chi connectivity index (χ1) is 4.38. The highest BCUT2D eigenvalue weighted by Crippen LogP contribution is 2.19. The van der Waals surface area contributed by atoms with Crippen molar-refractivity contribution in [1.29, 1.82) is 0 Å². The molecule has 2 nitrogen and oxygen atoms in total. The predicted molar refractivity (Wildman–Crippen MR) is 40.3 cm³/mol. The molecule has 0 saturated heterocycles. The Labute approximate surface area is 58.9 Å². The van der Waals surface area contributed by atoms with Gasteiger partial charge in [-0.3, -0.25) is 9.17 Å². The van der Waals surface area contributed by atoms with Crippen LogP contribution in [0.5, 0.6) is 0 Å². The molecule has 1 N–H and O–H groups in total. The number of hydrogen-bond acceptors (Lipinski definition) is 3. The molecular weight excluding hydrogens is 154 g/mol. The van der Waals surface area contributed by atoms with Crippen LogP contribution in [0.3, 0.4) is 0 Å². The minimum Gasteiger partial charge on any atom is -0.276 e. The molecule has 2 aromatic heterocycles. The van der Waals surface area contributed by atoms with Crippen molar-refractivity contribution in [2.24, 2.45) is 0 Å². The summed E-state index contributed by atoms with van der Waals surface area (Å²) >= 11 is 3.00. The minimum absolute atomic E-state index is 0.0382. The summed E-state index contributed by atoms with van der Waals surface area (Å²) in [6.07, 6.45) is 0. The summed E-state index contributed by atoms with van der Waals surface area (Å²) in [7, 11) is 0. The number of aromatic amines is 1. The fourth-order valence-corrected chi connectivity index (χ4v) is 2.36. The first-order valence-electron chi connectivity index (χ1n) is 2.42. The van der Waals surface area contributed by atoms with E-state index in [1.807, 2.05) is 11.4 Å². The number of aromatic nitrogens is 1. The molecule has 0 aliphatic rings. The van der Waals surface area contributed by atoms with Crippen molar-refractivity contribution in [3.8, 4) is 0 Å². The second kappa shape index (κ2) is 1.68. The molecule has 0 amide bonds. The molecule has 0 aliphatic heterocycles. The Hall–Kier alpha value is -0.610. The van der Waals surface area contributed by atoms with Crippen LogP contribution in [0.2, 0.25) is 0 Å². The van der Waals surface area contributed by atoms with Crippen LogP contribution in [0.15, 0.2) is 16.2 Å². The van der Waals surface area contributed by atoms with E-state index in [1.54, 1.807) is 11.3 Å². The number of rotatable bonds is 0. The molecule has 0 unspecified atom stereocenters. The van der Waals surface area contributed by atoms with Crippen LogP contribution in [0.25, 0.3) is 9.40 Å². The smallest absolute Gasteiger partial charge is 0.266 e. The average molecular weight is 157 g/mol. The van der Waals surface area contributed by atoms with Crippen molar-refractivity contribution >= 4 is 32.3 Å². The van der Waals surface area contributed by atoms with Gasteiger partial charge in [0.05, 0.1) is 5.39 Å². The van der Waals surface area contributed by atoms with Crippen LogP contribution < -0.4 is 5.56 Å². The number of nitrogens with one attached hydrogen (secondary N) is 1. The molecule has 0 fully saturated rings. The summed E-state index contributed by atoms with van der Waals surface area (Å²) in [5, 5.41) is 2.75. The molecule has 0 atom stereocenters. The Balaban J connectivity index is 3.17. The summed E-state index contributed by atoms with van der Waals surface area (Å²) < 4.78 is 3.74. The van der Waals surface area contributed by atoms with Gasteiger partial charge in [-0.1, -0.05) is 0 Å². The second-order valence-electron chi connectivity index (χ2n) is 1.65. The van der Waals surface area contributed by atoms with Gasteiger partial charge in [0, 0.05) is 0 Å². The second-order valence-corrected chi connectivity index (χ2v) is 3.65. The van der Waals surface area contributed by atoms with Crippen molar-refractivity contribution in [2.45, 2.75) is 0 Å². The van der Waals surface area contributed by atoms with Gasteiger partial charge in [-0.05, 0) is 23.0 Å². The molecule has 4 heteroatoms. The third kappa shape index (κ3) is 0.635. The average Bonchev–Trinajstić information content (AvgIpc) is 2.35. The van der Waals surface area contributed by atoms with E-state index >= 15 is 0 Å². The Bertz CT molecular complexity index is 369. The summed E-state index contributed by atoms with van der Waals surface area (Å²) in [5.41, 5.74) is 0.0382. The molecule has 0 aliphatic carbocycles. The summed E-state index contributed by atoms with van der Waals surface area (Å²) in [6, 6.07) is 1.84. The third-order valence-electron chi connectivity index (χ3n) is 1.11. The lowest BCUT2D eigenvalue weighted by Crippen LogP contribution is -1.93. The zero-order valence-corrected chi connectivity index (χ0v) is 6.01. The quantitative estimate of drug-likeness (QED) is 0.619. The molecule has 2 rings (SSSR count). The van der Waals surface area contributed by atoms with Crippen molar-refractivity contribution in [3.05, 3.63) is 21.8 Å². The van der Waals surface area contributed by atoms with Crippen molar-refractivity contribution < 1.29 is 0 Å². The topological polar surface area (TPSA) is 32.9 Å². The van der Waals surface area contributed by atoms with Crippen LogP contribution in [0.4, 0.5) is 0 Å². The minimum atomic E-state index is 0.0382. The standard InChI is InChI=1S/C5H3NOS2/c7-4-3-1-2-8-5(3)9-6-4/h1-2H,(H,6,7). The summed E-state index contributed by atoms with van der Waals surface area (Å²) in [6.45, 7) is 0. The van der Waals surface area contributed by atoms with Crippen molar-refractivity contribution in [1.82, 2.24) is 4.37 Å². The van der Waals surface area contributed by atoms with Crippen molar-refractivity contribution in [2.75, 3.05) is 0 Å². The Morgan fingerprint density at radius 1 is 1.56 bits per heavy atom. The maximum atomic E-state index is 10.8. The highest BCUT2D eigenvalue weighted by molar-refractivity contribution is 7.35. The van der Waals surface area contributed by atoms with E-state index in [2.05, 4.69) is 4.37 Å². The molecule has 0 saturated carbocycles. The monoisotopic (exact) mass is 157 g/mol. The van der Waals surface area contributed by atoms with Gasteiger partial charge < -0.3 is 0 Å². The van der Waals surface area contributed by atoms with Gasteiger partial charge in [-0.15, -0.1) is 11.3 Å². The number of hydrogen-bond donors (Lipinski definition) is 1. The van der Waals surface area contributed by atoms with E-state index in [9.17, 15) is 4.79 Å². The lowest BCUT2D eigenvalue weighted by Gasteiger charge is -1.60. The van der Waals surface area contributed by atoms with Gasteiger partial charge in [0.1, 0.15) is 4.01 Å². The molecule has 9 heavy (non-hydrogen) atoms. The molecule has 46 valence electrons. The zero-order chi connectivity index (χ0) is 6.27. The lowest BCUT2D eigenvalue weighted by molar-refractivity contribution is 1.47. The van der Waals surface area contributed by atoms with E-state index in [0.717, 1.165) is 9.40 Å². The highest BCUT2D eigenvalue weighted by atomic mass is 32.2. The highest BCUT2D eigenvalue weighted by Gasteiger charge is 1.98. The van der Waals surface area contributed by atoms with E-state index in [0.29, 0.717) is 0 Å². The molecular formula is C5H3NOS2. The molecule has 2 heterocycles. The van der Waals surface area contributed by atoms with Crippen LogP contribution in [0.1, 0.15) is 0 Å². The van der Waals surface area contributed by atoms with Gasteiger partial charge in [-0.2, -0.15) is 0 Å². The van der Waals surface area contributed by atoms with E-state index < -0.39 is 0 Å². The van der Waals surface area contributed by atoms with Crippen LogP contribution in [-0.2, 0) is 0 Å². The van der Waals surface area contributed by atoms with Gasteiger partial charge in [0.15, 0.2) is 0 Å². The van der Waals surface area contributed by atoms with E-state index in [-0.39, 0.29) is 5.56 Å². The Morgan fingerprint density at radius 3 is 3.22 bits per heavy atom. The summed E-state index contributed by atoms with van der Waals surface area (Å²) in [4.78, 5) is 10.8. The molecule has 2 aromatic rings. The maximum absolute atomic E-state index is 10.8. The Morgan fingerprint density at radius 2 is 2.44 bits per heavy atom. The molecule has 0 radical (unpaired) electrons. The van der Waals surface area contributed by atoms with Gasteiger partial charge in [0.2, 0.25) is 0 Å². The first kappa shape index (κ1) is 5.20. The first-order valence-corrected chi connectivity index (χ1v) is 4.12. The lowest BCUT2D eigenvalue weighted by atomic mass is 10.5. The normalized spacial score (nSPS) is 10.7. The Kier molecular flexibility index (Phi) is 0.972. The van der Waals surface area contributed by atoms with E-state index in [1.165, 1.54) is 11.5 Å². The number of thiophene rings is 1. The fraction of sp³-hybridized carbons (Fsp3) is 0. The zero-order valence-electron chi connectivity index (χ0n) is 4.38. The van der Waals surface area contributed by atoms with Crippen LogP contribution in [0, 0.1) is 0 Å². The fourth-order valence-electron chi connectivity index (χ4n) is 0.690. The van der Waals surface area contributed by atoms with Crippen LogP contribution in [-0.4, -0.2) is 4.37 Å². The predicted octanol–water partition coefficient (Wildman–Crippen LogP) is 1.65. The molecule has 0 bridgehead atoms. The largest absolute Gasteiger partial charge is 0.276 e. The molecule has 0 spiro atoms.